The van der Waals surface area contributed by atoms with Gasteiger partial charge in [-0.05, 0) is 60.9 Å². The van der Waals surface area contributed by atoms with Crippen LogP contribution in [0.25, 0.3) is 0 Å². The monoisotopic (exact) mass is 361 g/mol. The summed E-state index contributed by atoms with van der Waals surface area (Å²) in [5.41, 5.74) is 5.30. The molecule has 0 spiro atoms. The van der Waals surface area contributed by atoms with E-state index in [9.17, 15) is 4.79 Å². The first kappa shape index (κ1) is 18.5. The van der Waals surface area contributed by atoms with E-state index in [-0.39, 0.29) is 5.91 Å². The number of aromatic nitrogens is 1. The minimum atomic E-state index is -0.217. The first-order valence-corrected chi connectivity index (χ1v) is 8.76. The third-order valence-corrected chi connectivity index (χ3v) is 4.29. The number of carbonyl (C=O) groups is 1. The number of hydrogen-bond acceptors (Lipinski definition) is 4. The van der Waals surface area contributed by atoms with Crippen LogP contribution >= 0.6 is 0 Å². The van der Waals surface area contributed by atoms with Crippen molar-refractivity contribution in [1.82, 2.24) is 4.98 Å². The SMILES string of the molecule is COc1ccc(CNc2ccc(C(=O)Nc3cc(C)ccc3C)nc2)cc1. The van der Waals surface area contributed by atoms with Crippen LogP contribution in [-0.2, 0) is 6.54 Å². The van der Waals surface area contributed by atoms with Crippen LogP contribution in [0.3, 0.4) is 0 Å². The standard InChI is InChI=1S/C22H23N3O2/c1-15-4-5-16(2)21(12-15)25-22(26)20-11-8-18(14-24-20)23-13-17-6-9-19(27-3)10-7-17/h4-12,14,23H,13H2,1-3H3,(H,25,26). The van der Waals surface area contributed by atoms with E-state index in [0.717, 1.165) is 33.8 Å². The fourth-order valence-corrected chi connectivity index (χ4v) is 2.64. The van der Waals surface area contributed by atoms with E-state index >= 15 is 0 Å². The summed E-state index contributed by atoms with van der Waals surface area (Å²) < 4.78 is 5.16. The topological polar surface area (TPSA) is 63.2 Å². The summed E-state index contributed by atoms with van der Waals surface area (Å²) in [6, 6.07) is 17.4. The number of rotatable bonds is 6. The van der Waals surface area contributed by atoms with Crippen molar-refractivity contribution in [2.45, 2.75) is 20.4 Å². The molecule has 1 amide bonds. The highest BCUT2D eigenvalue weighted by Crippen LogP contribution is 2.18. The Hall–Kier alpha value is -3.34. The summed E-state index contributed by atoms with van der Waals surface area (Å²) >= 11 is 0. The molecular weight excluding hydrogens is 338 g/mol. The molecule has 5 heteroatoms. The largest absolute Gasteiger partial charge is 0.497 e. The molecule has 138 valence electrons. The molecule has 0 radical (unpaired) electrons. The van der Waals surface area contributed by atoms with Crippen molar-refractivity contribution in [3.63, 3.8) is 0 Å². The Morgan fingerprint density at radius 2 is 1.81 bits per heavy atom. The van der Waals surface area contributed by atoms with Crippen molar-refractivity contribution in [1.29, 1.82) is 0 Å². The Morgan fingerprint density at radius 1 is 1.04 bits per heavy atom. The first-order valence-electron chi connectivity index (χ1n) is 8.76. The van der Waals surface area contributed by atoms with E-state index in [1.54, 1.807) is 19.4 Å². The highest BCUT2D eigenvalue weighted by Gasteiger charge is 2.09. The maximum atomic E-state index is 12.4. The molecule has 0 saturated heterocycles. The molecule has 1 heterocycles. The molecule has 0 saturated carbocycles. The fraction of sp³-hybridized carbons (Fsp3) is 0.182. The quantitative estimate of drug-likeness (QED) is 0.675. The molecule has 1 aromatic heterocycles. The van der Waals surface area contributed by atoms with Crippen molar-refractivity contribution in [2.75, 3.05) is 17.7 Å². The van der Waals surface area contributed by atoms with Gasteiger partial charge < -0.3 is 15.4 Å². The number of anilines is 2. The number of carbonyl (C=O) groups excluding carboxylic acids is 1. The van der Waals surface area contributed by atoms with Gasteiger partial charge in [-0.2, -0.15) is 0 Å². The number of aryl methyl sites for hydroxylation is 2. The van der Waals surface area contributed by atoms with Crippen molar-refractivity contribution in [3.05, 3.63) is 83.2 Å². The number of benzene rings is 2. The molecule has 2 N–H and O–H groups in total. The van der Waals surface area contributed by atoms with Gasteiger partial charge in [-0.1, -0.05) is 24.3 Å². The Bertz CT molecular complexity index is 919. The van der Waals surface area contributed by atoms with Crippen molar-refractivity contribution in [3.8, 4) is 5.75 Å². The zero-order valence-electron chi connectivity index (χ0n) is 15.7. The van der Waals surface area contributed by atoms with Crippen LogP contribution in [0.15, 0.2) is 60.8 Å². The van der Waals surface area contributed by atoms with Gasteiger partial charge in [0.2, 0.25) is 0 Å². The maximum absolute atomic E-state index is 12.4. The number of ether oxygens (including phenoxy) is 1. The normalized spacial score (nSPS) is 10.3. The third kappa shape index (κ3) is 4.85. The molecule has 3 aromatic rings. The molecule has 2 aromatic carbocycles. The first-order chi connectivity index (χ1) is 13.0. The molecule has 0 aliphatic heterocycles. The van der Waals surface area contributed by atoms with Crippen molar-refractivity contribution in [2.24, 2.45) is 0 Å². The van der Waals surface area contributed by atoms with E-state index in [1.807, 2.05) is 62.4 Å². The molecule has 0 atom stereocenters. The van der Waals surface area contributed by atoms with Crippen LogP contribution in [0.4, 0.5) is 11.4 Å². The van der Waals surface area contributed by atoms with Gasteiger partial charge in [0, 0.05) is 12.2 Å². The fourth-order valence-electron chi connectivity index (χ4n) is 2.64. The van der Waals surface area contributed by atoms with Gasteiger partial charge in [0.1, 0.15) is 11.4 Å². The van der Waals surface area contributed by atoms with Gasteiger partial charge in [0.25, 0.3) is 5.91 Å². The van der Waals surface area contributed by atoms with E-state index in [1.165, 1.54) is 0 Å². The lowest BCUT2D eigenvalue weighted by Crippen LogP contribution is -2.14. The van der Waals surface area contributed by atoms with E-state index in [2.05, 4.69) is 15.6 Å². The molecule has 0 unspecified atom stereocenters. The summed E-state index contributed by atoms with van der Waals surface area (Å²) in [5.74, 6) is 0.616. The number of amides is 1. The zero-order valence-corrected chi connectivity index (χ0v) is 15.7. The summed E-state index contributed by atoms with van der Waals surface area (Å²) in [5, 5.41) is 6.22. The smallest absolute Gasteiger partial charge is 0.274 e. The van der Waals surface area contributed by atoms with Gasteiger partial charge in [-0.15, -0.1) is 0 Å². The third-order valence-electron chi connectivity index (χ3n) is 4.29. The van der Waals surface area contributed by atoms with Gasteiger partial charge in [-0.25, -0.2) is 4.98 Å². The maximum Gasteiger partial charge on any atom is 0.274 e. The number of nitrogens with one attached hydrogen (secondary N) is 2. The second-order valence-electron chi connectivity index (χ2n) is 6.41. The molecular formula is C22H23N3O2. The van der Waals surface area contributed by atoms with Crippen LogP contribution in [0, 0.1) is 13.8 Å². The van der Waals surface area contributed by atoms with Crippen LogP contribution in [0.5, 0.6) is 5.75 Å². The zero-order chi connectivity index (χ0) is 19.2. The number of hydrogen-bond donors (Lipinski definition) is 2. The average molecular weight is 361 g/mol. The predicted octanol–water partition coefficient (Wildman–Crippen LogP) is 4.57. The highest BCUT2D eigenvalue weighted by molar-refractivity contribution is 6.03. The Kier molecular flexibility index (Phi) is 5.71. The second-order valence-corrected chi connectivity index (χ2v) is 6.41. The van der Waals surface area contributed by atoms with Crippen LogP contribution in [0.1, 0.15) is 27.2 Å². The van der Waals surface area contributed by atoms with Gasteiger partial charge in [0.15, 0.2) is 0 Å². The minimum Gasteiger partial charge on any atom is -0.497 e. The van der Waals surface area contributed by atoms with Crippen LogP contribution < -0.4 is 15.4 Å². The van der Waals surface area contributed by atoms with E-state index < -0.39 is 0 Å². The number of pyridine rings is 1. The van der Waals surface area contributed by atoms with Gasteiger partial charge >= 0.3 is 0 Å². The second kappa shape index (κ2) is 8.36. The summed E-state index contributed by atoms with van der Waals surface area (Å²) in [6.07, 6.45) is 1.67. The molecule has 0 bridgehead atoms. The number of nitrogens with zero attached hydrogens (tertiary/aromatic N) is 1. The number of methoxy groups -OCH3 is 1. The Morgan fingerprint density at radius 3 is 2.48 bits per heavy atom. The van der Waals surface area contributed by atoms with Gasteiger partial charge in [0.05, 0.1) is 19.0 Å². The highest BCUT2D eigenvalue weighted by atomic mass is 16.5. The lowest BCUT2D eigenvalue weighted by Gasteiger charge is -2.10. The molecule has 27 heavy (non-hydrogen) atoms. The summed E-state index contributed by atoms with van der Waals surface area (Å²) in [4.78, 5) is 16.7. The summed E-state index contributed by atoms with van der Waals surface area (Å²) in [6.45, 7) is 4.63. The van der Waals surface area contributed by atoms with Crippen LogP contribution in [-0.4, -0.2) is 18.0 Å². The predicted molar refractivity (Wildman–Crippen MR) is 108 cm³/mol. The molecule has 3 rings (SSSR count). The van der Waals surface area contributed by atoms with Crippen molar-refractivity contribution >= 4 is 17.3 Å². The van der Waals surface area contributed by atoms with Crippen LogP contribution in [0.2, 0.25) is 0 Å². The van der Waals surface area contributed by atoms with E-state index in [0.29, 0.717) is 12.2 Å². The molecule has 0 aliphatic rings. The average Bonchev–Trinajstić information content (AvgIpc) is 2.70. The Balaban J connectivity index is 1.60. The summed E-state index contributed by atoms with van der Waals surface area (Å²) in [7, 11) is 1.65. The molecule has 5 nitrogen and oxygen atoms in total. The molecule has 0 aliphatic carbocycles. The minimum absolute atomic E-state index is 0.217. The lowest BCUT2D eigenvalue weighted by atomic mass is 10.1. The van der Waals surface area contributed by atoms with E-state index in [4.69, 9.17) is 4.74 Å². The lowest BCUT2D eigenvalue weighted by molar-refractivity contribution is 0.102. The van der Waals surface area contributed by atoms with Gasteiger partial charge in [-0.3, -0.25) is 4.79 Å². The van der Waals surface area contributed by atoms with Crippen molar-refractivity contribution < 1.29 is 9.53 Å². The Labute approximate surface area is 159 Å². The molecule has 0 fully saturated rings.